The van der Waals surface area contributed by atoms with Crippen LogP contribution in [0.2, 0.25) is 0 Å². The van der Waals surface area contributed by atoms with Crippen LogP contribution < -0.4 is 10.1 Å². The van der Waals surface area contributed by atoms with E-state index in [0.29, 0.717) is 6.02 Å². The highest BCUT2D eigenvalue weighted by Gasteiger charge is 2.39. The molecule has 0 saturated carbocycles. The molecule has 3 heterocycles. The van der Waals surface area contributed by atoms with Crippen molar-refractivity contribution in [2.45, 2.75) is 12.1 Å². The molecule has 2 aromatic carbocycles. The number of aliphatic imine (C=N–C) groups is 2. The maximum Gasteiger partial charge on any atom is 0.298 e. The van der Waals surface area contributed by atoms with Crippen LogP contribution in [0.1, 0.15) is 17.2 Å². The van der Waals surface area contributed by atoms with Gasteiger partial charge in [0, 0.05) is 37.8 Å². The van der Waals surface area contributed by atoms with E-state index in [4.69, 9.17) is 19.5 Å². The Morgan fingerprint density at radius 1 is 1.10 bits per heavy atom. The van der Waals surface area contributed by atoms with Crippen molar-refractivity contribution in [2.75, 3.05) is 46.9 Å². The van der Waals surface area contributed by atoms with Gasteiger partial charge in [0.05, 0.1) is 32.5 Å². The number of para-hydroxylation sites is 1. The average molecular weight is 406 g/mol. The molecule has 5 rings (SSSR count). The lowest BCUT2D eigenvalue weighted by Crippen LogP contribution is -2.53. The molecule has 30 heavy (non-hydrogen) atoms. The summed E-state index contributed by atoms with van der Waals surface area (Å²) in [5.41, 5.74) is 3.26. The maximum absolute atomic E-state index is 5.67. The van der Waals surface area contributed by atoms with Gasteiger partial charge in [-0.2, -0.15) is 4.99 Å². The van der Waals surface area contributed by atoms with Gasteiger partial charge in [0.1, 0.15) is 11.6 Å². The van der Waals surface area contributed by atoms with E-state index in [1.807, 2.05) is 24.3 Å². The van der Waals surface area contributed by atoms with Gasteiger partial charge >= 0.3 is 0 Å². The van der Waals surface area contributed by atoms with Gasteiger partial charge in [-0.25, -0.2) is 0 Å². The number of fused-ring (bicyclic) bond motifs is 3. The van der Waals surface area contributed by atoms with E-state index in [2.05, 4.69) is 39.4 Å². The summed E-state index contributed by atoms with van der Waals surface area (Å²) in [5.74, 6) is 1.86. The molecule has 1 saturated heterocycles. The number of hydrogen-bond acceptors (Lipinski definition) is 7. The predicted molar refractivity (Wildman–Crippen MR) is 118 cm³/mol. The normalized spacial score (nSPS) is 23.3. The second-order valence-corrected chi connectivity index (χ2v) is 7.80. The molecule has 2 aromatic rings. The predicted octanol–water partition coefficient (Wildman–Crippen LogP) is 2.42. The zero-order valence-corrected chi connectivity index (χ0v) is 17.4. The van der Waals surface area contributed by atoms with Crippen molar-refractivity contribution >= 4 is 17.5 Å². The molecule has 7 nitrogen and oxygen atoms in total. The second-order valence-electron chi connectivity index (χ2n) is 7.80. The van der Waals surface area contributed by atoms with Gasteiger partial charge in [-0.15, -0.1) is 0 Å². The first-order chi connectivity index (χ1) is 14.8. The molecule has 1 N–H and O–H groups in total. The van der Waals surface area contributed by atoms with E-state index in [1.165, 1.54) is 5.56 Å². The number of piperazine rings is 1. The maximum atomic E-state index is 5.67. The molecule has 2 unspecified atom stereocenters. The lowest BCUT2D eigenvalue weighted by molar-refractivity contribution is 0.135. The van der Waals surface area contributed by atoms with Gasteiger partial charge in [-0.3, -0.25) is 14.8 Å². The van der Waals surface area contributed by atoms with Crippen molar-refractivity contribution in [1.29, 1.82) is 0 Å². The Kier molecular flexibility index (Phi) is 5.14. The SMILES string of the molecule is COC1=Nc2ccccc2C2=NCC(CN3CCNCC3c3cccc(OC)c3)N12. The van der Waals surface area contributed by atoms with Crippen LogP contribution in [-0.2, 0) is 4.74 Å². The van der Waals surface area contributed by atoms with E-state index in [0.717, 1.165) is 55.6 Å². The van der Waals surface area contributed by atoms with E-state index in [1.54, 1.807) is 14.2 Å². The fourth-order valence-electron chi connectivity index (χ4n) is 4.60. The van der Waals surface area contributed by atoms with Gasteiger partial charge in [0.25, 0.3) is 6.02 Å². The fourth-order valence-corrected chi connectivity index (χ4v) is 4.60. The summed E-state index contributed by atoms with van der Waals surface area (Å²) < 4.78 is 11.1. The monoisotopic (exact) mass is 405 g/mol. The molecule has 156 valence electrons. The minimum absolute atomic E-state index is 0.193. The highest BCUT2D eigenvalue weighted by atomic mass is 16.5. The van der Waals surface area contributed by atoms with Gasteiger partial charge in [-0.1, -0.05) is 24.3 Å². The molecule has 3 aliphatic rings. The molecule has 0 spiro atoms. The van der Waals surface area contributed by atoms with Crippen molar-refractivity contribution in [1.82, 2.24) is 15.1 Å². The molecule has 0 amide bonds. The molecule has 7 heteroatoms. The fraction of sp³-hybridized carbons (Fsp3) is 0.391. The minimum Gasteiger partial charge on any atom is -0.497 e. The Labute approximate surface area is 177 Å². The molecule has 0 radical (unpaired) electrons. The van der Waals surface area contributed by atoms with Crippen LogP contribution in [0.15, 0.2) is 58.5 Å². The van der Waals surface area contributed by atoms with Crippen molar-refractivity contribution in [3.8, 4) is 5.75 Å². The largest absolute Gasteiger partial charge is 0.497 e. The second kappa shape index (κ2) is 8.08. The standard InChI is InChI=1S/C23H27N5O2/c1-29-18-7-5-6-16(12-18)21-14-24-10-11-27(21)15-17-13-25-22-19-8-3-4-9-20(19)26-23(30-2)28(17)22/h3-9,12,17,21,24H,10-11,13-15H2,1-2H3. The van der Waals surface area contributed by atoms with Crippen LogP contribution in [0.25, 0.3) is 0 Å². The Hall–Kier alpha value is -2.90. The number of ether oxygens (including phenoxy) is 2. The van der Waals surface area contributed by atoms with Gasteiger partial charge in [0.2, 0.25) is 0 Å². The summed E-state index contributed by atoms with van der Waals surface area (Å²) in [4.78, 5) is 14.3. The Morgan fingerprint density at radius 3 is 2.87 bits per heavy atom. The van der Waals surface area contributed by atoms with Crippen LogP contribution in [0.4, 0.5) is 5.69 Å². The minimum atomic E-state index is 0.193. The number of benzene rings is 2. The highest BCUT2D eigenvalue weighted by molar-refractivity contribution is 6.14. The summed E-state index contributed by atoms with van der Waals surface area (Å²) >= 11 is 0. The highest BCUT2D eigenvalue weighted by Crippen LogP contribution is 2.32. The average Bonchev–Trinajstić information content (AvgIpc) is 3.23. The van der Waals surface area contributed by atoms with Gasteiger partial charge in [-0.05, 0) is 29.8 Å². The molecule has 0 aromatic heterocycles. The summed E-state index contributed by atoms with van der Waals surface area (Å²) in [7, 11) is 3.40. The summed E-state index contributed by atoms with van der Waals surface area (Å²) in [6.07, 6.45) is 0. The summed E-state index contributed by atoms with van der Waals surface area (Å²) in [5, 5.41) is 3.54. The Balaban J connectivity index is 1.40. The number of hydrogen-bond donors (Lipinski definition) is 1. The third-order valence-electron chi connectivity index (χ3n) is 6.07. The molecule has 0 aliphatic carbocycles. The number of rotatable bonds is 4. The number of amidine groups is 2. The first-order valence-corrected chi connectivity index (χ1v) is 10.4. The quantitative estimate of drug-likeness (QED) is 0.847. The zero-order valence-electron chi connectivity index (χ0n) is 17.4. The van der Waals surface area contributed by atoms with E-state index >= 15 is 0 Å². The molecule has 3 aliphatic heterocycles. The van der Waals surface area contributed by atoms with Crippen molar-refractivity contribution in [3.63, 3.8) is 0 Å². The van der Waals surface area contributed by atoms with Crippen molar-refractivity contribution < 1.29 is 9.47 Å². The first-order valence-electron chi connectivity index (χ1n) is 10.4. The summed E-state index contributed by atoms with van der Waals surface area (Å²) in [6, 6.07) is 17.6. The Morgan fingerprint density at radius 2 is 2.00 bits per heavy atom. The topological polar surface area (TPSA) is 61.7 Å². The van der Waals surface area contributed by atoms with Crippen LogP contribution in [0.5, 0.6) is 5.75 Å². The molecular weight excluding hydrogens is 378 g/mol. The van der Waals surface area contributed by atoms with Crippen LogP contribution >= 0.6 is 0 Å². The third kappa shape index (κ3) is 3.34. The van der Waals surface area contributed by atoms with E-state index < -0.39 is 0 Å². The number of nitrogens with one attached hydrogen (secondary N) is 1. The first kappa shape index (κ1) is 19.1. The lowest BCUT2D eigenvalue weighted by atomic mass is 10.0. The van der Waals surface area contributed by atoms with Crippen molar-refractivity contribution in [3.05, 3.63) is 59.7 Å². The Bertz CT molecular complexity index is 989. The van der Waals surface area contributed by atoms with Crippen LogP contribution in [0, 0.1) is 0 Å². The van der Waals surface area contributed by atoms with Crippen LogP contribution in [0.3, 0.4) is 0 Å². The van der Waals surface area contributed by atoms with Gasteiger partial charge < -0.3 is 14.8 Å². The smallest absolute Gasteiger partial charge is 0.298 e. The molecular formula is C23H27N5O2. The van der Waals surface area contributed by atoms with E-state index in [9.17, 15) is 0 Å². The molecule has 0 bridgehead atoms. The number of nitrogens with zero attached hydrogens (tertiary/aromatic N) is 4. The molecule has 1 fully saturated rings. The lowest BCUT2D eigenvalue weighted by Gasteiger charge is -2.40. The van der Waals surface area contributed by atoms with Gasteiger partial charge in [0.15, 0.2) is 0 Å². The summed E-state index contributed by atoms with van der Waals surface area (Å²) in [6.45, 7) is 4.51. The van der Waals surface area contributed by atoms with E-state index in [-0.39, 0.29) is 12.1 Å². The zero-order chi connectivity index (χ0) is 20.5. The van der Waals surface area contributed by atoms with Crippen molar-refractivity contribution in [2.24, 2.45) is 9.98 Å². The van der Waals surface area contributed by atoms with Crippen LogP contribution in [-0.4, -0.2) is 74.6 Å². The molecule has 2 atom stereocenters. The third-order valence-corrected chi connectivity index (χ3v) is 6.07. The number of methoxy groups -OCH3 is 2.